The Morgan fingerprint density at radius 3 is 3.00 bits per heavy atom. The second-order valence-electron chi connectivity index (χ2n) is 2.64. The van der Waals surface area contributed by atoms with Crippen molar-refractivity contribution in [1.82, 2.24) is 0 Å². The van der Waals surface area contributed by atoms with E-state index >= 15 is 0 Å². The van der Waals surface area contributed by atoms with Crippen molar-refractivity contribution in [3.63, 3.8) is 0 Å². The number of thiophene rings is 1. The van der Waals surface area contributed by atoms with Gasteiger partial charge in [-0.2, -0.15) is 0 Å². The molecule has 0 saturated heterocycles. The van der Waals surface area contributed by atoms with Crippen LogP contribution in [0.25, 0.3) is 0 Å². The molecule has 0 radical (unpaired) electrons. The second-order valence-corrected chi connectivity index (χ2v) is 3.78. The highest BCUT2D eigenvalue weighted by Crippen LogP contribution is 2.43. The zero-order chi connectivity index (χ0) is 8.72. The quantitative estimate of drug-likeness (QED) is 0.716. The number of esters is 1. The Bertz CT molecular complexity index is 339. The fourth-order valence-corrected chi connectivity index (χ4v) is 2.22. The molecule has 0 bridgehead atoms. The first-order valence-corrected chi connectivity index (χ1v) is 4.62. The van der Waals surface area contributed by atoms with Crippen molar-refractivity contribution in [3.8, 4) is 0 Å². The van der Waals surface area contributed by atoms with Gasteiger partial charge >= 0.3 is 5.97 Å². The van der Waals surface area contributed by atoms with Crippen molar-refractivity contribution >= 4 is 22.3 Å². The van der Waals surface area contributed by atoms with E-state index in [9.17, 15) is 4.79 Å². The van der Waals surface area contributed by atoms with Crippen molar-refractivity contribution < 1.29 is 9.53 Å². The van der Waals surface area contributed by atoms with Gasteiger partial charge in [-0.1, -0.05) is 0 Å². The van der Waals surface area contributed by atoms with E-state index in [0.29, 0.717) is 17.2 Å². The van der Waals surface area contributed by atoms with Crippen LogP contribution in [0.2, 0.25) is 0 Å². The third-order valence-electron chi connectivity index (χ3n) is 1.81. The molecule has 0 aromatic carbocycles. The molecule has 0 fully saturated rings. The molecule has 0 amide bonds. The van der Waals surface area contributed by atoms with Crippen LogP contribution in [-0.4, -0.2) is 12.6 Å². The smallest absolute Gasteiger partial charge is 0.341 e. The lowest BCUT2D eigenvalue weighted by Crippen LogP contribution is -2.06. The number of fused-ring (bicyclic) bond motifs is 1. The van der Waals surface area contributed by atoms with E-state index in [1.807, 2.05) is 0 Å². The molecular formula is C8H9NO2S. The minimum absolute atomic E-state index is 0.273. The van der Waals surface area contributed by atoms with Gasteiger partial charge in [0.15, 0.2) is 0 Å². The van der Waals surface area contributed by atoms with Gasteiger partial charge in [-0.3, -0.25) is 0 Å². The lowest BCUT2D eigenvalue weighted by atomic mass is 10.3. The van der Waals surface area contributed by atoms with Gasteiger partial charge in [0.05, 0.1) is 12.2 Å². The van der Waals surface area contributed by atoms with Crippen LogP contribution in [0.4, 0.5) is 5.00 Å². The van der Waals surface area contributed by atoms with E-state index < -0.39 is 0 Å². The predicted octanol–water partition coefficient (Wildman–Crippen LogP) is 1.41. The molecule has 1 aromatic rings. The second kappa shape index (κ2) is 2.48. The maximum atomic E-state index is 11.3. The summed E-state index contributed by atoms with van der Waals surface area (Å²) in [6, 6.07) is 0. The highest BCUT2D eigenvalue weighted by Gasteiger charge is 2.31. The van der Waals surface area contributed by atoms with Crippen LogP contribution in [-0.2, 0) is 11.2 Å². The normalized spacial score (nSPS) is 12.4. The van der Waals surface area contributed by atoms with Crippen LogP contribution in [0.15, 0.2) is 0 Å². The molecule has 1 aromatic heterocycles. The summed E-state index contributed by atoms with van der Waals surface area (Å²) in [5.41, 5.74) is 7.33. The number of hydrogen-bond donors (Lipinski definition) is 1. The van der Waals surface area contributed by atoms with Gasteiger partial charge in [-0.25, -0.2) is 4.79 Å². The zero-order valence-electron chi connectivity index (χ0n) is 6.72. The Morgan fingerprint density at radius 2 is 2.50 bits per heavy atom. The summed E-state index contributed by atoms with van der Waals surface area (Å²) >= 11 is 1.49. The summed E-state index contributed by atoms with van der Waals surface area (Å²) < 4.78 is 4.87. The number of carbonyl (C=O) groups is 1. The van der Waals surface area contributed by atoms with Gasteiger partial charge in [-0.15, -0.1) is 11.3 Å². The number of rotatable bonds is 2. The molecule has 0 spiro atoms. The van der Waals surface area contributed by atoms with Gasteiger partial charge in [0.2, 0.25) is 0 Å². The average molecular weight is 183 g/mol. The molecule has 1 aliphatic carbocycles. The molecule has 1 heterocycles. The van der Waals surface area contributed by atoms with Gasteiger partial charge < -0.3 is 10.5 Å². The van der Waals surface area contributed by atoms with Gasteiger partial charge in [0, 0.05) is 11.3 Å². The van der Waals surface area contributed by atoms with Crippen LogP contribution in [0.3, 0.4) is 0 Å². The van der Waals surface area contributed by atoms with Crippen molar-refractivity contribution in [2.24, 2.45) is 0 Å². The van der Waals surface area contributed by atoms with Gasteiger partial charge in [0.1, 0.15) is 5.00 Å². The first-order chi connectivity index (χ1) is 5.74. The van der Waals surface area contributed by atoms with Crippen LogP contribution >= 0.6 is 11.3 Å². The number of nitrogens with two attached hydrogens (primary N) is 1. The maximum absolute atomic E-state index is 11.3. The van der Waals surface area contributed by atoms with E-state index in [1.54, 1.807) is 6.92 Å². The molecule has 1 aliphatic rings. The van der Waals surface area contributed by atoms with Gasteiger partial charge in [0.25, 0.3) is 0 Å². The molecular weight excluding hydrogens is 174 g/mol. The van der Waals surface area contributed by atoms with E-state index in [1.165, 1.54) is 16.2 Å². The van der Waals surface area contributed by atoms with E-state index in [0.717, 1.165) is 12.0 Å². The molecule has 2 N–H and O–H groups in total. The van der Waals surface area contributed by atoms with Crippen LogP contribution in [0.5, 0.6) is 0 Å². The van der Waals surface area contributed by atoms with Crippen LogP contribution in [0, 0.1) is 0 Å². The monoisotopic (exact) mass is 183 g/mol. The lowest BCUT2D eigenvalue weighted by molar-refractivity contribution is 0.0528. The first-order valence-electron chi connectivity index (χ1n) is 3.81. The topological polar surface area (TPSA) is 52.3 Å². The van der Waals surface area contributed by atoms with Crippen molar-refractivity contribution in [1.29, 1.82) is 0 Å². The average Bonchev–Trinajstić information content (AvgIpc) is 2.63. The molecule has 0 atom stereocenters. The lowest BCUT2D eigenvalue weighted by Gasteiger charge is -2.00. The molecule has 0 saturated carbocycles. The summed E-state index contributed by atoms with van der Waals surface area (Å²) in [4.78, 5) is 12.5. The third kappa shape index (κ3) is 0.992. The zero-order valence-corrected chi connectivity index (χ0v) is 7.53. The minimum atomic E-state index is -0.273. The van der Waals surface area contributed by atoms with E-state index in [4.69, 9.17) is 10.5 Å². The number of carbonyl (C=O) groups excluding carboxylic acids is 1. The largest absolute Gasteiger partial charge is 0.462 e. The summed E-state index contributed by atoms with van der Waals surface area (Å²) in [5, 5.41) is 0.602. The Kier molecular flexibility index (Phi) is 1.58. The molecule has 2 rings (SSSR count). The minimum Gasteiger partial charge on any atom is -0.462 e. The number of anilines is 1. The fraction of sp³-hybridized carbons (Fsp3) is 0.375. The number of ether oxygens (including phenoxy) is 1. The Balaban J connectivity index is 2.28. The Morgan fingerprint density at radius 1 is 1.75 bits per heavy atom. The molecule has 4 heteroatoms. The molecule has 0 aliphatic heterocycles. The van der Waals surface area contributed by atoms with Crippen LogP contribution in [0.1, 0.15) is 27.7 Å². The van der Waals surface area contributed by atoms with Crippen molar-refractivity contribution in [3.05, 3.63) is 16.0 Å². The van der Waals surface area contributed by atoms with Crippen LogP contribution < -0.4 is 5.73 Å². The molecule has 0 unspecified atom stereocenters. The summed E-state index contributed by atoms with van der Waals surface area (Å²) in [5.74, 6) is -0.273. The van der Waals surface area contributed by atoms with Gasteiger partial charge in [-0.05, 0) is 12.5 Å². The third-order valence-corrected chi connectivity index (χ3v) is 2.87. The summed E-state index contributed by atoms with van der Waals surface area (Å²) in [7, 11) is 0. The SMILES string of the molecule is CCOC(=O)c1c(N)sc2c1C2. The highest BCUT2D eigenvalue weighted by molar-refractivity contribution is 7.17. The Hall–Kier alpha value is -1.03. The molecule has 3 nitrogen and oxygen atoms in total. The first kappa shape index (κ1) is 7.61. The highest BCUT2D eigenvalue weighted by atomic mass is 32.1. The fourth-order valence-electron chi connectivity index (χ4n) is 1.20. The molecule has 12 heavy (non-hydrogen) atoms. The van der Waals surface area contributed by atoms with Crippen molar-refractivity contribution in [2.45, 2.75) is 13.3 Å². The molecule has 64 valence electrons. The standard InChI is InChI=1S/C8H9NO2S/c1-2-11-8(10)6-4-3-5(4)12-7(6)9/h2-3,9H2,1H3. The van der Waals surface area contributed by atoms with E-state index in [2.05, 4.69) is 0 Å². The van der Waals surface area contributed by atoms with Crippen molar-refractivity contribution in [2.75, 3.05) is 12.3 Å². The Labute approximate surface area is 74.1 Å². The predicted molar refractivity (Wildman–Crippen MR) is 47.5 cm³/mol. The summed E-state index contributed by atoms with van der Waals surface area (Å²) in [6.45, 7) is 2.20. The summed E-state index contributed by atoms with van der Waals surface area (Å²) in [6.07, 6.45) is 0.930. The maximum Gasteiger partial charge on any atom is 0.341 e. The number of hydrogen-bond acceptors (Lipinski definition) is 4. The number of nitrogen functional groups attached to an aromatic ring is 1. The van der Waals surface area contributed by atoms with E-state index in [-0.39, 0.29) is 5.97 Å².